The second-order valence-corrected chi connectivity index (χ2v) is 4.13. The fraction of sp³-hybridized carbons (Fsp3) is 0.286. The number of hydrogen-bond donors (Lipinski definition) is 2. The number of unbranched alkanes of at least 4 members (excludes halogenated alkanes) is 1. The third-order valence-corrected chi connectivity index (χ3v) is 2.67. The zero-order chi connectivity index (χ0) is 13.5. The van der Waals surface area contributed by atoms with E-state index in [9.17, 15) is 4.79 Å². The fourth-order valence-electron chi connectivity index (χ4n) is 1.65. The molecule has 1 aromatic carbocycles. The first-order chi connectivity index (χ1) is 9.31. The van der Waals surface area contributed by atoms with E-state index in [4.69, 9.17) is 9.63 Å². The largest absolute Gasteiger partial charge is 0.396 e. The van der Waals surface area contributed by atoms with E-state index in [0.29, 0.717) is 18.7 Å². The highest BCUT2D eigenvalue weighted by Crippen LogP contribution is 2.18. The van der Waals surface area contributed by atoms with E-state index in [-0.39, 0.29) is 18.3 Å². The van der Waals surface area contributed by atoms with Crippen molar-refractivity contribution in [3.05, 3.63) is 42.2 Å². The van der Waals surface area contributed by atoms with Crippen LogP contribution in [0.2, 0.25) is 0 Å². The van der Waals surface area contributed by atoms with Crippen LogP contribution in [0.3, 0.4) is 0 Å². The van der Waals surface area contributed by atoms with Gasteiger partial charge in [0.25, 0.3) is 5.91 Å². The summed E-state index contributed by atoms with van der Waals surface area (Å²) in [5.41, 5.74) is 1.55. The van der Waals surface area contributed by atoms with E-state index < -0.39 is 0 Å². The van der Waals surface area contributed by atoms with Crippen molar-refractivity contribution in [3.8, 4) is 11.3 Å². The summed E-state index contributed by atoms with van der Waals surface area (Å²) in [7, 11) is 0. The molecule has 0 saturated heterocycles. The number of rotatable bonds is 6. The number of nitrogens with one attached hydrogen (secondary N) is 1. The first-order valence-corrected chi connectivity index (χ1v) is 6.22. The van der Waals surface area contributed by atoms with Gasteiger partial charge in [-0.25, -0.2) is 0 Å². The Bertz CT molecular complexity index is 522. The Morgan fingerprint density at radius 3 is 2.79 bits per heavy atom. The number of aliphatic hydroxyl groups excluding tert-OH is 1. The average molecular weight is 260 g/mol. The minimum atomic E-state index is -0.285. The van der Waals surface area contributed by atoms with Crippen molar-refractivity contribution in [2.75, 3.05) is 13.2 Å². The molecule has 0 aliphatic heterocycles. The number of benzene rings is 1. The van der Waals surface area contributed by atoms with Crippen molar-refractivity contribution < 1.29 is 14.4 Å². The molecule has 0 aliphatic carbocycles. The lowest BCUT2D eigenvalue weighted by Crippen LogP contribution is -2.24. The Hall–Kier alpha value is -2.14. The molecular formula is C14H16N2O3. The van der Waals surface area contributed by atoms with Crippen molar-refractivity contribution in [3.63, 3.8) is 0 Å². The van der Waals surface area contributed by atoms with Crippen molar-refractivity contribution in [1.82, 2.24) is 10.5 Å². The molecule has 100 valence electrons. The zero-order valence-electron chi connectivity index (χ0n) is 10.5. The van der Waals surface area contributed by atoms with Crippen LogP contribution in [0.15, 0.2) is 40.9 Å². The molecule has 5 nitrogen and oxygen atoms in total. The van der Waals surface area contributed by atoms with Gasteiger partial charge in [-0.1, -0.05) is 35.5 Å². The molecule has 0 saturated carbocycles. The summed E-state index contributed by atoms with van der Waals surface area (Å²) in [5.74, 6) is -0.0875. The van der Waals surface area contributed by atoms with Gasteiger partial charge in [0.2, 0.25) is 5.76 Å². The lowest BCUT2D eigenvalue weighted by Gasteiger charge is -2.00. The smallest absolute Gasteiger partial charge is 0.289 e. The molecule has 1 heterocycles. The molecular weight excluding hydrogens is 244 g/mol. The lowest BCUT2D eigenvalue weighted by atomic mass is 10.1. The molecule has 0 unspecified atom stereocenters. The van der Waals surface area contributed by atoms with Crippen molar-refractivity contribution in [1.29, 1.82) is 0 Å². The Morgan fingerprint density at radius 1 is 1.26 bits per heavy atom. The molecule has 2 aromatic rings. The van der Waals surface area contributed by atoms with Gasteiger partial charge in [-0.05, 0) is 12.8 Å². The number of aliphatic hydroxyl groups is 1. The molecule has 2 N–H and O–H groups in total. The maximum absolute atomic E-state index is 11.7. The van der Waals surface area contributed by atoms with Gasteiger partial charge in [-0.2, -0.15) is 0 Å². The highest BCUT2D eigenvalue weighted by atomic mass is 16.5. The highest BCUT2D eigenvalue weighted by Gasteiger charge is 2.13. The predicted octanol–water partition coefficient (Wildman–Crippen LogP) is 1.84. The average Bonchev–Trinajstić information content (AvgIpc) is 2.94. The van der Waals surface area contributed by atoms with Crippen LogP contribution in [-0.2, 0) is 0 Å². The molecule has 5 heteroatoms. The van der Waals surface area contributed by atoms with Gasteiger partial charge in [-0.15, -0.1) is 0 Å². The Balaban J connectivity index is 1.95. The van der Waals surface area contributed by atoms with E-state index in [1.54, 1.807) is 6.07 Å². The van der Waals surface area contributed by atoms with Gasteiger partial charge in [0.15, 0.2) is 0 Å². The SMILES string of the molecule is O=C(NCCCCO)c1cc(-c2ccccc2)no1. The second-order valence-electron chi connectivity index (χ2n) is 4.13. The van der Waals surface area contributed by atoms with E-state index >= 15 is 0 Å². The van der Waals surface area contributed by atoms with Gasteiger partial charge >= 0.3 is 0 Å². The van der Waals surface area contributed by atoms with Crippen LogP contribution in [0.4, 0.5) is 0 Å². The number of carbonyl (C=O) groups excluding carboxylic acids is 1. The Kier molecular flexibility index (Phi) is 4.69. The van der Waals surface area contributed by atoms with E-state index in [1.165, 1.54) is 0 Å². The van der Waals surface area contributed by atoms with Crippen LogP contribution >= 0.6 is 0 Å². The molecule has 0 spiro atoms. The summed E-state index contributed by atoms with van der Waals surface area (Å²) in [6, 6.07) is 11.1. The van der Waals surface area contributed by atoms with E-state index in [0.717, 1.165) is 12.0 Å². The first kappa shape index (κ1) is 13.3. The van der Waals surface area contributed by atoms with Gasteiger partial charge in [0.05, 0.1) is 0 Å². The fourth-order valence-corrected chi connectivity index (χ4v) is 1.65. The summed E-state index contributed by atoms with van der Waals surface area (Å²) in [6.07, 6.45) is 1.41. The van der Waals surface area contributed by atoms with Gasteiger partial charge in [-0.3, -0.25) is 4.79 Å². The van der Waals surface area contributed by atoms with Crippen LogP contribution in [0.25, 0.3) is 11.3 Å². The summed E-state index contributed by atoms with van der Waals surface area (Å²) >= 11 is 0. The normalized spacial score (nSPS) is 10.4. The van der Waals surface area contributed by atoms with Crippen molar-refractivity contribution in [2.24, 2.45) is 0 Å². The molecule has 0 radical (unpaired) electrons. The monoisotopic (exact) mass is 260 g/mol. The zero-order valence-corrected chi connectivity index (χ0v) is 10.5. The first-order valence-electron chi connectivity index (χ1n) is 6.22. The van der Waals surface area contributed by atoms with Gasteiger partial charge in [0, 0.05) is 24.8 Å². The summed E-state index contributed by atoms with van der Waals surface area (Å²) < 4.78 is 5.03. The lowest BCUT2D eigenvalue weighted by molar-refractivity contribution is 0.0915. The molecule has 19 heavy (non-hydrogen) atoms. The topological polar surface area (TPSA) is 75.4 Å². The number of nitrogens with zero attached hydrogens (tertiary/aromatic N) is 1. The summed E-state index contributed by atoms with van der Waals surface area (Å²) in [6.45, 7) is 0.650. The summed E-state index contributed by atoms with van der Waals surface area (Å²) in [4.78, 5) is 11.7. The molecule has 0 aliphatic rings. The molecule has 1 amide bonds. The maximum Gasteiger partial charge on any atom is 0.289 e. The highest BCUT2D eigenvalue weighted by molar-refractivity contribution is 5.92. The number of amides is 1. The number of hydrogen-bond acceptors (Lipinski definition) is 4. The van der Waals surface area contributed by atoms with Gasteiger partial charge < -0.3 is 14.9 Å². The quantitative estimate of drug-likeness (QED) is 0.777. The van der Waals surface area contributed by atoms with Crippen molar-refractivity contribution >= 4 is 5.91 Å². The molecule has 0 bridgehead atoms. The van der Waals surface area contributed by atoms with Crippen LogP contribution < -0.4 is 5.32 Å². The Labute approximate surface area is 111 Å². The van der Waals surface area contributed by atoms with E-state index in [2.05, 4.69) is 10.5 Å². The predicted molar refractivity (Wildman–Crippen MR) is 70.6 cm³/mol. The number of aromatic nitrogens is 1. The molecule has 0 atom stereocenters. The standard InChI is InChI=1S/C14H16N2O3/c17-9-5-4-8-15-14(18)13-10-12(16-19-13)11-6-2-1-3-7-11/h1-3,6-7,10,17H,4-5,8-9H2,(H,15,18). The van der Waals surface area contributed by atoms with Crippen LogP contribution in [-0.4, -0.2) is 29.3 Å². The molecule has 1 aromatic heterocycles. The molecule has 0 fully saturated rings. The van der Waals surface area contributed by atoms with Crippen LogP contribution in [0.5, 0.6) is 0 Å². The second kappa shape index (κ2) is 6.70. The van der Waals surface area contributed by atoms with Crippen LogP contribution in [0, 0.1) is 0 Å². The van der Waals surface area contributed by atoms with E-state index in [1.807, 2.05) is 30.3 Å². The molecule has 2 rings (SSSR count). The minimum Gasteiger partial charge on any atom is -0.396 e. The third kappa shape index (κ3) is 3.66. The van der Waals surface area contributed by atoms with Crippen LogP contribution in [0.1, 0.15) is 23.4 Å². The Morgan fingerprint density at radius 2 is 2.05 bits per heavy atom. The van der Waals surface area contributed by atoms with Gasteiger partial charge in [0.1, 0.15) is 5.69 Å². The minimum absolute atomic E-state index is 0.135. The van der Waals surface area contributed by atoms with Crippen molar-refractivity contribution in [2.45, 2.75) is 12.8 Å². The number of carbonyl (C=O) groups is 1. The third-order valence-electron chi connectivity index (χ3n) is 2.67. The maximum atomic E-state index is 11.7. The summed E-state index contributed by atoms with van der Waals surface area (Å²) in [5, 5.41) is 15.2.